The Labute approximate surface area is 104 Å². The van der Waals surface area contributed by atoms with Crippen molar-refractivity contribution in [1.82, 2.24) is 0 Å². The van der Waals surface area contributed by atoms with Gasteiger partial charge in [-0.05, 0) is 30.9 Å². The summed E-state index contributed by atoms with van der Waals surface area (Å²) in [5, 5.41) is 10.2. The second-order valence-corrected chi connectivity index (χ2v) is 6.30. The predicted molar refractivity (Wildman–Crippen MR) is 69.2 cm³/mol. The van der Waals surface area contributed by atoms with Crippen LogP contribution in [0.5, 0.6) is 5.75 Å². The van der Waals surface area contributed by atoms with Gasteiger partial charge in [-0.3, -0.25) is 0 Å². The number of hydrogen-bond donors (Lipinski definition) is 1. The predicted octanol–water partition coefficient (Wildman–Crippen LogP) is 3.62. The first kappa shape index (κ1) is 12.4. The number of benzene rings is 1. The zero-order chi connectivity index (χ0) is 12.6. The Hall–Kier alpha value is -1.02. The molecule has 0 saturated carbocycles. The molecular formula is C15H22O2. The van der Waals surface area contributed by atoms with E-state index in [4.69, 9.17) is 4.74 Å². The molecule has 2 heteroatoms. The van der Waals surface area contributed by atoms with Crippen molar-refractivity contribution >= 4 is 0 Å². The first-order valence-electron chi connectivity index (χ1n) is 6.30. The molecule has 0 saturated heterocycles. The number of hydrogen-bond acceptors (Lipinski definition) is 2. The number of fused-ring (bicyclic) bond motifs is 1. The second kappa shape index (κ2) is 4.34. The minimum absolute atomic E-state index is 0.125. The van der Waals surface area contributed by atoms with Crippen LogP contribution in [0.4, 0.5) is 0 Å². The average molecular weight is 234 g/mol. The van der Waals surface area contributed by atoms with Crippen LogP contribution >= 0.6 is 0 Å². The molecule has 2 atom stereocenters. The van der Waals surface area contributed by atoms with Gasteiger partial charge in [0.05, 0.1) is 6.10 Å². The molecule has 1 aromatic rings. The number of ether oxygens (including phenoxy) is 1. The minimum atomic E-state index is -0.383. The van der Waals surface area contributed by atoms with E-state index in [9.17, 15) is 5.11 Å². The van der Waals surface area contributed by atoms with Crippen LogP contribution in [0.15, 0.2) is 18.2 Å². The third kappa shape index (κ3) is 3.01. The summed E-state index contributed by atoms with van der Waals surface area (Å²) in [7, 11) is 0. The standard InChI is InChI=1S/C15H22O2/c1-10-5-6-14-12(7-10)13(16)8-11(17-14)9-15(2,3)4/h5-7,11,13,16H,8-9H2,1-4H3/t11?,13-/m1/s1. The SMILES string of the molecule is Cc1ccc2c(c1)[C@H](O)CC(CC(C)(C)C)O2. The maximum absolute atomic E-state index is 10.2. The highest BCUT2D eigenvalue weighted by Crippen LogP contribution is 2.38. The molecule has 0 aromatic heterocycles. The van der Waals surface area contributed by atoms with Crippen LogP contribution in [0, 0.1) is 12.3 Å². The Balaban J connectivity index is 2.19. The molecule has 1 aliphatic rings. The lowest BCUT2D eigenvalue weighted by Crippen LogP contribution is -2.29. The topological polar surface area (TPSA) is 29.5 Å². The maximum Gasteiger partial charge on any atom is 0.125 e. The Morgan fingerprint density at radius 1 is 1.35 bits per heavy atom. The van der Waals surface area contributed by atoms with E-state index in [0.717, 1.165) is 17.7 Å². The fourth-order valence-electron chi connectivity index (χ4n) is 2.45. The van der Waals surface area contributed by atoms with E-state index in [2.05, 4.69) is 20.8 Å². The molecule has 0 bridgehead atoms. The van der Waals surface area contributed by atoms with E-state index in [1.807, 2.05) is 25.1 Å². The van der Waals surface area contributed by atoms with Gasteiger partial charge in [0, 0.05) is 12.0 Å². The average Bonchev–Trinajstić information content (AvgIpc) is 2.17. The fourth-order valence-corrected chi connectivity index (χ4v) is 2.45. The van der Waals surface area contributed by atoms with Crippen LogP contribution in [0.25, 0.3) is 0 Å². The fraction of sp³-hybridized carbons (Fsp3) is 0.600. The summed E-state index contributed by atoms with van der Waals surface area (Å²) in [6.45, 7) is 8.64. The molecule has 17 heavy (non-hydrogen) atoms. The number of aliphatic hydroxyl groups excluding tert-OH is 1. The smallest absolute Gasteiger partial charge is 0.125 e. The molecule has 2 rings (SSSR count). The number of aryl methyl sites for hydroxylation is 1. The molecule has 1 aliphatic heterocycles. The highest BCUT2D eigenvalue weighted by atomic mass is 16.5. The monoisotopic (exact) mass is 234 g/mol. The molecule has 1 N–H and O–H groups in total. The van der Waals surface area contributed by atoms with Crippen LogP contribution in [-0.2, 0) is 0 Å². The van der Waals surface area contributed by atoms with Gasteiger partial charge in [-0.25, -0.2) is 0 Å². The maximum atomic E-state index is 10.2. The molecular weight excluding hydrogens is 212 g/mol. The Morgan fingerprint density at radius 2 is 2.06 bits per heavy atom. The molecule has 1 unspecified atom stereocenters. The summed E-state index contributed by atoms with van der Waals surface area (Å²) < 4.78 is 5.97. The largest absolute Gasteiger partial charge is 0.490 e. The number of aliphatic hydroxyl groups is 1. The summed E-state index contributed by atoms with van der Waals surface area (Å²) >= 11 is 0. The third-order valence-corrected chi connectivity index (χ3v) is 3.14. The molecule has 0 aliphatic carbocycles. The zero-order valence-corrected chi connectivity index (χ0v) is 11.2. The van der Waals surface area contributed by atoms with E-state index in [0.29, 0.717) is 6.42 Å². The van der Waals surface area contributed by atoms with Crippen molar-refractivity contribution in [1.29, 1.82) is 0 Å². The summed E-state index contributed by atoms with van der Waals surface area (Å²) in [5.74, 6) is 0.851. The van der Waals surface area contributed by atoms with Crippen molar-refractivity contribution < 1.29 is 9.84 Å². The van der Waals surface area contributed by atoms with Gasteiger partial charge < -0.3 is 9.84 Å². The van der Waals surface area contributed by atoms with Gasteiger partial charge >= 0.3 is 0 Å². The van der Waals surface area contributed by atoms with E-state index in [-0.39, 0.29) is 17.6 Å². The van der Waals surface area contributed by atoms with Crippen LogP contribution < -0.4 is 4.74 Å². The Bertz CT molecular complexity index is 404. The lowest BCUT2D eigenvalue weighted by atomic mass is 9.85. The van der Waals surface area contributed by atoms with Gasteiger partial charge in [0.25, 0.3) is 0 Å². The summed E-state index contributed by atoms with van der Waals surface area (Å²) in [6.07, 6.45) is 1.41. The third-order valence-electron chi connectivity index (χ3n) is 3.14. The van der Waals surface area contributed by atoms with Crippen molar-refractivity contribution in [3.8, 4) is 5.75 Å². The van der Waals surface area contributed by atoms with Crippen LogP contribution in [-0.4, -0.2) is 11.2 Å². The summed E-state index contributed by atoms with van der Waals surface area (Å²) in [5.41, 5.74) is 2.34. The van der Waals surface area contributed by atoms with Crippen molar-refractivity contribution in [3.63, 3.8) is 0 Å². The van der Waals surface area contributed by atoms with Crippen molar-refractivity contribution in [2.45, 2.75) is 52.7 Å². The van der Waals surface area contributed by atoms with Gasteiger partial charge in [0.1, 0.15) is 11.9 Å². The van der Waals surface area contributed by atoms with Crippen LogP contribution in [0.2, 0.25) is 0 Å². The van der Waals surface area contributed by atoms with Gasteiger partial charge in [-0.1, -0.05) is 32.4 Å². The summed E-state index contributed by atoms with van der Waals surface area (Å²) in [4.78, 5) is 0. The van der Waals surface area contributed by atoms with Crippen molar-refractivity contribution in [2.24, 2.45) is 5.41 Å². The Morgan fingerprint density at radius 3 is 2.71 bits per heavy atom. The van der Waals surface area contributed by atoms with Crippen LogP contribution in [0.3, 0.4) is 0 Å². The van der Waals surface area contributed by atoms with Crippen LogP contribution in [0.1, 0.15) is 50.8 Å². The van der Waals surface area contributed by atoms with E-state index >= 15 is 0 Å². The normalized spacial score (nSPS) is 24.1. The molecule has 0 spiro atoms. The minimum Gasteiger partial charge on any atom is -0.490 e. The van der Waals surface area contributed by atoms with Gasteiger partial charge in [0.15, 0.2) is 0 Å². The van der Waals surface area contributed by atoms with Gasteiger partial charge in [0.2, 0.25) is 0 Å². The lowest BCUT2D eigenvalue weighted by Gasteiger charge is -2.33. The van der Waals surface area contributed by atoms with E-state index in [1.54, 1.807) is 0 Å². The molecule has 0 radical (unpaired) electrons. The first-order chi connectivity index (χ1) is 7.85. The highest BCUT2D eigenvalue weighted by Gasteiger charge is 2.29. The van der Waals surface area contributed by atoms with Gasteiger partial charge in [-0.15, -0.1) is 0 Å². The molecule has 1 heterocycles. The number of rotatable bonds is 1. The lowest BCUT2D eigenvalue weighted by molar-refractivity contribution is 0.0447. The van der Waals surface area contributed by atoms with Gasteiger partial charge in [-0.2, -0.15) is 0 Å². The molecule has 2 nitrogen and oxygen atoms in total. The quantitative estimate of drug-likeness (QED) is 0.804. The molecule has 0 amide bonds. The van der Waals surface area contributed by atoms with Crippen molar-refractivity contribution in [3.05, 3.63) is 29.3 Å². The molecule has 1 aromatic carbocycles. The molecule has 94 valence electrons. The van der Waals surface area contributed by atoms with Crippen molar-refractivity contribution in [2.75, 3.05) is 0 Å². The van der Waals surface area contributed by atoms with E-state index in [1.165, 1.54) is 5.56 Å². The Kier molecular flexibility index (Phi) is 3.17. The highest BCUT2D eigenvalue weighted by molar-refractivity contribution is 5.40. The molecule has 0 fully saturated rings. The first-order valence-corrected chi connectivity index (χ1v) is 6.30. The second-order valence-electron chi connectivity index (χ2n) is 6.30. The summed E-state index contributed by atoms with van der Waals surface area (Å²) in [6, 6.07) is 6.03. The van der Waals surface area contributed by atoms with E-state index < -0.39 is 0 Å². The zero-order valence-electron chi connectivity index (χ0n) is 11.2.